The Morgan fingerprint density at radius 1 is 0.769 bits per heavy atom. The van der Waals surface area contributed by atoms with Crippen molar-refractivity contribution in [1.29, 1.82) is 0 Å². The molecule has 0 nitrogen and oxygen atoms in total. The first-order valence-corrected chi connectivity index (χ1v) is 3.40. The minimum absolute atomic E-state index is 0.836. The molecule has 0 saturated heterocycles. The minimum atomic E-state index is -1.83. The summed E-state index contributed by atoms with van der Waals surface area (Å²) in [5, 5.41) is 0. The van der Waals surface area contributed by atoms with E-state index in [0.717, 1.165) is 6.92 Å². The first kappa shape index (κ1) is 9.95. The second-order valence-corrected chi connectivity index (χ2v) is 2.55. The van der Waals surface area contributed by atoms with Crippen LogP contribution in [0.5, 0.6) is 0 Å². The van der Waals surface area contributed by atoms with E-state index in [0.29, 0.717) is 0 Å². The summed E-state index contributed by atoms with van der Waals surface area (Å²) in [6.45, 7) is 0.836. The third kappa shape index (κ3) is 1.64. The number of hydrogen-bond donors (Lipinski definition) is 0. The van der Waals surface area contributed by atoms with Crippen LogP contribution in [-0.4, -0.2) is 0 Å². The molecular weight excluding hydrogens is 191 g/mol. The highest BCUT2D eigenvalue weighted by molar-refractivity contribution is 5.40. The van der Waals surface area contributed by atoms with Gasteiger partial charge in [-0.2, -0.15) is 0 Å². The van der Waals surface area contributed by atoms with Crippen LogP contribution in [0.15, 0.2) is 34.7 Å². The van der Waals surface area contributed by atoms with Gasteiger partial charge in [-0.3, -0.25) is 0 Å². The summed E-state index contributed by atoms with van der Waals surface area (Å²) in [6.07, 6.45) is -1.18. The molecule has 72 valence electrons. The molecule has 0 bridgehead atoms. The first-order valence-electron chi connectivity index (χ1n) is 3.40. The topological polar surface area (TPSA) is 0 Å². The highest BCUT2D eigenvalue weighted by Gasteiger charge is 2.24. The van der Waals surface area contributed by atoms with Gasteiger partial charge < -0.3 is 0 Å². The van der Waals surface area contributed by atoms with E-state index in [4.69, 9.17) is 0 Å². The first-order chi connectivity index (χ1) is 5.95. The number of halogens is 5. The zero-order chi connectivity index (χ0) is 10.2. The molecule has 0 heterocycles. The van der Waals surface area contributed by atoms with Crippen LogP contribution in [-0.2, 0) is 0 Å². The summed E-state index contributed by atoms with van der Waals surface area (Å²) in [4.78, 5) is 0. The van der Waals surface area contributed by atoms with Crippen molar-refractivity contribution < 1.29 is 22.0 Å². The van der Waals surface area contributed by atoms with Crippen LogP contribution in [0.2, 0.25) is 0 Å². The van der Waals surface area contributed by atoms with Gasteiger partial charge in [-0.05, 0) is 6.92 Å². The molecule has 13 heavy (non-hydrogen) atoms. The van der Waals surface area contributed by atoms with Gasteiger partial charge in [0.25, 0.3) is 0 Å². The van der Waals surface area contributed by atoms with Crippen molar-refractivity contribution in [3.8, 4) is 0 Å². The summed E-state index contributed by atoms with van der Waals surface area (Å²) < 4.78 is 62.9. The Morgan fingerprint density at radius 2 is 1.23 bits per heavy atom. The Bertz CT molecular complexity index is 302. The van der Waals surface area contributed by atoms with Gasteiger partial charge >= 0.3 is 0 Å². The highest BCUT2D eigenvalue weighted by atomic mass is 19.2. The second-order valence-electron chi connectivity index (χ2n) is 2.55. The molecule has 0 amide bonds. The lowest BCUT2D eigenvalue weighted by Crippen LogP contribution is -1.84. The van der Waals surface area contributed by atoms with Crippen LogP contribution in [0.4, 0.5) is 22.0 Å². The van der Waals surface area contributed by atoms with E-state index in [1.807, 2.05) is 0 Å². The van der Waals surface area contributed by atoms with Crippen molar-refractivity contribution in [3.63, 3.8) is 0 Å². The third-order valence-corrected chi connectivity index (χ3v) is 1.64. The Labute approximate surface area is 71.0 Å². The molecule has 1 aliphatic carbocycles. The quantitative estimate of drug-likeness (QED) is 0.515. The van der Waals surface area contributed by atoms with E-state index in [1.54, 1.807) is 0 Å². The Balaban J connectivity index is 3.35. The maximum absolute atomic E-state index is 12.7. The van der Waals surface area contributed by atoms with Gasteiger partial charge in [0, 0.05) is 5.57 Å². The predicted octanol–water partition coefficient (Wildman–Crippen LogP) is 3.93. The van der Waals surface area contributed by atoms with Gasteiger partial charge in [0.1, 0.15) is 11.7 Å². The molecule has 0 aromatic carbocycles. The van der Waals surface area contributed by atoms with Gasteiger partial charge in [-0.15, -0.1) is 0 Å². The molecule has 1 rings (SSSR count). The van der Waals surface area contributed by atoms with E-state index in [9.17, 15) is 22.0 Å². The van der Waals surface area contributed by atoms with E-state index >= 15 is 0 Å². The maximum Gasteiger partial charge on any atom is 0.190 e. The van der Waals surface area contributed by atoms with E-state index < -0.39 is 41.1 Å². The summed E-state index contributed by atoms with van der Waals surface area (Å²) in [7, 11) is 0. The normalized spacial score (nSPS) is 19.8. The molecule has 0 saturated carbocycles. The predicted molar refractivity (Wildman–Crippen MR) is 36.9 cm³/mol. The Morgan fingerprint density at radius 3 is 1.77 bits per heavy atom. The molecule has 0 fully saturated rings. The van der Waals surface area contributed by atoms with Crippen molar-refractivity contribution in [2.45, 2.75) is 13.3 Å². The molecular formula is C8H5F5. The molecule has 1 aliphatic rings. The monoisotopic (exact) mass is 196 g/mol. The van der Waals surface area contributed by atoms with Gasteiger partial charge in [-0.1, -0.05) is 0 Å². The van der Waals surface area contributed by atoms with Gasteiger partial charge in [0.2, 0.25) is 0 Å². The standard InChI is InChI=1S/C8H5F5/c1-3-6(11)4(9)2-5(10)8(13)7(3)12/h2H2,1H3. The van der Waals surface area contributed by atoms with Crippen LogP contribution in [0.1, 0.15) is 13.3 Å². The van der Waals surface area contributed by atoms with Crippen molar-refractivity contribution >= 4 is 0 Å². The van der Waals surface area contributed by atoms with Crippen LogP contribution in [0, 0.1) is 0 Å². The molecule has 0 unspecified atom stereocenters. The van der Waals surface area contributed by atoms with Crippen LogP contribution in [0.3, 0.4) is 0 Å². The molecule has 0 aliphatic heterocycles. The lowest BCUT2D eigenvalue weighted by Gasteiger charge is -1.96. The molecule has 0 aromatic rings. The smallest absolute Gasteiger partial charge is 0.190 e. The van der Waals surface area contributed by atoms with Crippen LogP contribution in [0.25, 0.3) is 0 Å². The number of rotatable bonds is 0. The SMILES string of the molecule is CC1=C(F)C(F)=C(F)CC(F)=C1F. The summed E-state index contributed by atoms with van der Waals surface area (Å²) >= 11 is 0. The van der Waals surface area contributed by atoms with Crippen molar-refractivity contribution in [1.82, 2.24) is 0 Å². The van der Waals surface area contributed by atoms with Crippen LogP contribution < -0.4 is 0 Å². The fourth-order valence-electron chi connectivity index (χ4n) is 0.875. The molecule has 0 atom stereocenters. The molecule has 0 radical (unpaired) electrons. The zero-order valence-corrected chi connectivity index (χ0v) is 6.60. The largest absolute Gasteiger partial charge is 0.208 e. The molecule has 5 heteroatoms. The average Bonchev–Trinajstić information content (AvgIpc) is 2.15. The van der Waals surface area contributed by atoms with Gasteiger partial charge in [-0.25, -0.2) is 22.0 Å². The lowest BCUT2D eigenvalue weighted by atomic mass is 10.2. The molecule has 0 N–H and O–H groups in total. The van der Waals surface area contributed by atoms with Crippen molar-refractivity contribution in [2.24, 2.45) is 0 Å². The Kier molecular flexibility index (Phi) is 2.54. The van der Waals surface area contributed by atoms with E-state index in [1.165, 1.54) is 0 Å². The highest BCUT2D eigenvalue weighted by Crippen LogP contribution is 2.35. The summed E-state index contributed by atoms with van der Waals surface area (Å²) in [5.41, 5.74) is -0.859. The molecule has 0 spiro atoms. The van der Waals surface area contributed by atoms with E-state index in [-0.39, 0.29) is 0 Å². The van der Waals surface area contributed by atoms with Gasteiger partial charge in [0.05, 0.1) is 6.42 Å². The minimum Gasteiger partial charge on any atom is -0.208 e. The fraction of sp³-hybridized carbons (Fsp3) is 0.250. The second kappa shape index (κ2) is 3.32. The van der Waals surface area contributed by atoms with Crippen LogP contribution >= 0.6 is 0 Å². The van der Waals surface area contributed by atoms with E-state index in [2.05, 4.69) is 0 Å². The fourth-order valence-corrected chi connectivity index (χ4v) is 0.875. The van der Waals surface area contributed by atoms with Crippen molar-refractivity contribution in [3.05, 3.63) is 34.7 Å². The number of allylic oxidation sites excluding steroid dienone is 6. The maximum atomic E-state index is 12.7. The van der Waals surface area contributed by atoms with Crippen molar-refractivity contribution in [2.75, 3.05) is 0 Å². The number of hydrogen-bond acceptors (Lipinski definition) is 0. The third-order valence-electron chi connectivity index (χ3n) is 1.64. The summed E-state index contributed by atoms with van der Waals surface area (Å²) in [6, 6.07) is 0. The zero-order valence-electron chi connectivity index (χ0n) is 6.60. The van der Waals surface area contributed by atoms with Gasteiger partial charge in [0.15, 0.2) is 17.5 Å². The molecule has 0 aromatic heterocycles. The Hall–Kier alpha value is -1.13. The lowest BCUT2D eigenvalue weighted by molar-refractivity contribution is 0.469. The summed E-state index contributed by atoms with van der Waals surface area (Å²) in [5.74, 6) is -8.21. The average molecular weight is 196 g/mol.